The molecule has 0 aliphatic rings. The smallest absolute Gasteiger partial charge is 0.291 e. The second-order valence-electron chi connectivity index (χ2n) is 6.40. The summed E-state index contributed by atoms with van der Waals surface area (Å²) in [5, 5.41) is 7.18. The van der Waals surface area contributed by atoms with E-state index in [2.05, 4.69) is 15.4 Å². The van der Waals surface area contributed by atoms with Crippen LogP contribution in [0.25, 0.3) is 17.3 Å². The van der Waals surface area contributed by atoms with E-state index in [0.29, 0.717) is 24.7 Å². The van der Waals surface area contributed by atoms with Crippen LogP contribution >= 0.6 is 0 Å². The van der Waals surface area contributed by atoms with Gasteiger partial charge >= 0.3 is 0 Å². The van der Waals surface area contributed by atoms with Gasteiger partial charge < -0.3 is 14.5 Å². The third-order valence-corrected chi connectivity index (χ3v) is 4.23. The fourth-order valence-corrected chi connectivity index (χ4v) is 2.77. The summed E-state index contributed by atoms with van der Waals surface area (Å²) in [5.74, 6) is 1.44. The Morgan fingerprint density at radius 2 is 1.86 bits per heavy atom. The Morgan fingerprint density at radius 3 is 2.59 bits per heavy atom. The number of nitrogens with zero attached hydrogens (tertiary/aromatic N) is 3. The number of nitrogens with one attached hydrogen (secondary N) is 1. The number of ether oxygens (including phenoxy) is 1. The highest BCUT2D eigenvalue weighted by atomic mass is 16.5. The van der Waals surface area contributed by atoms with Crippen molar-refractivity contribution in [2.45, 2.75) is 6.92 Å². The molecule has 0 aliphatic heterocycles. The second-order valence-corrected chi connectivity index (χ2v) is 6.40. The molecule has 1 amide bonds. The molecule has 0 saturated heterocycles. The molecule has 0 unspecified atom stereocenters. The van der Waals surface area contributed by atoms with Gasteiger partial charge in [-0.1, -0.05) is 35.9 Å². The van der Waals surface area contributed by atoms with E-state index >= 15 is 0 Å². The average Bonchev–Trinajstić information content (AvgIpc) is 3.42. The standard InChI is InChI=1S/C22H20N4O3/c1-16-9-11-17(12-10-16)26-21(19-8-5-14-29-19)24-20(25-26)22(27)23-13-15-28-18-6-3-2-4-7-18/h2-12,14H,13,15H2,1H3,(H,23,27). The first kappa shape index (κ1) is 18.5. The number of benzene rings is 2. The normalized spacial score (nSPS) is 10.7. The summed E-state index contributed by atoms with van der Waals surface area (Å²) >= 11 is 0. The van der Waals surface area contributed by atoms with Gasteiger partial charge in [0, 0.05) is 0 Å². The molecule has 2 aromatic carbocycles. The van der Waals surface area contributed by atoms with Crippen LogP contribution in [0.5, 0.6) is 5.75 Å². The summed E-state index contributed by atoms with van der Waals surface area (Å²) in [6, 6.07) is 20.8. The van der Waals surface area contributed by atoms with Crippen LogP contribution in [-0.2, 0) is 0 Å². The van der Waals surface area contributed by atoms with Crippen molar-refractivity contribution in [3.05, 3.63) is 84.4 Å². The molecule has 0 atom stereocenters. The molecule has 0 aliphatic carbocycles. The number of aromatic nitrogens is 3. The summed E-state index contributed by atoms with van der Waals surface area (Å²) in [6.45, 7) is 2.69. The van der Waals surface area contributed by atoms with E-state index in [4.69, 9.17) is 9.15 Å². The van der Waals surface area contributed by atoms with Crippen molar-refractivity contribution in [1.82, 2.24) is 20.1 Å². The molecule has 0 bridgehead atoms. The fourth-order valence-electron chi connectivity index (χ4n) is 2.77. The van der Waals surface area contributed by atoms with Gasteiger partial charge in [-0.25, -0.2) is 4.68 Å². The Kier molecular flexibility index (Phi) is 5.38. The quantitative estimate of drug-likeness (QED) is 0.489. The molecule has 4 rings (SSSR count). The predicted molar refractivity (Wildman–Crippen MR) is 108 cm³/mol. The second kappa shape index (κ2) is 8.43. The van der Waals surface area contributed by atoms with Crippen LogP contribution in [0.1, 0.15) is 16.2 Å². The summed E-state index contributed by atoms with van der Waals surface area (Å²) in [5.41, 5.74) is 1.92. The van der Waals surface area contributed by atoms with Crippen molar-refractivity contribution in [3.8, 4) is 23.0 Å². The molecule has 2 aromatic heterocycles. The lowest BCUT2D eigenvalue weighted by Crippen LogP contribution is -2.29. The van der Waals surface area contributed by atoms with E-state index < -0.39 is 0 Å². The van der Waals surface area contributed by atoms with E-state index in [1.807, 2.05) is 61.5 Å². The van der Waals surface area contributed by atoms with Gasteiger partial charge in [-0.05, 0) is 43.3 Å². The SMILES string of the molecule is Cc1ccc(-n2nc(C(=O)NCCOc3ccccc3)nc2-c2ccco2)cc1. The first-order valence-corrected chi connectivity index (χ1v) is 9.25. The number of hydrogen-bond donors (Lipinski definition) is 1. The van der Waals surface area contributed by atoms with E-state index in [9.17, 15) is 4.79 Å². The minimum Gasteiger partial charge on any atom is -0.492 e. The van der Waals surface area contributed by atoms with Gasteiger partial charge in [0.05, 0.1) is 18.5 Å². The predicted octanol–water partition coefficient (Wildman–Crippen LogP) is 3.64. The van der Waals surface area contributed by atoms with E-state index in [-0.39, 0.29) is 11.7 Å². The summed E-state index contributed by atoms with van der Waals surface area (Å²) < 4.78 is 12.7. The minimum absolute atomic E-state index is 0.0664. The number of hydrogen-bond acceptors (Lipinski definition) is 5. The number of furan rings is 1. The van der Waals surface area contributed by atoms with Crippen molar-refractivity contribution in [1.29, 1.82) is 0 Å². The van der Waals surface area contributed by atoms with Gasteiger partial charge in [-0.15, -0.1) is 5.10 Å². The maximum atomic E-state index is 12.5. The maximum absolute atomic E-state index is 12.5. The highest BCUT2D eigenvalue weighted by Gasteiger charge is 2.20. The molecule has 0 spiro atoms. The Balaban J connectivity index is 1.49. The van der Waals surface area contributed by atoms with E-state index in [0.717, 1.165) is 17.0 Å². The number of rotatable bonds is 7. The Labute approximate surface area is 168 Å². The number of para-hydroxylation sites is 1. The van der Waals surface area contributed by atoms with E-state index in [1.165, 1.54) is 0 Å². The van der Waals surface area contributed by atoms with Gasteiger partial charge in [-0.3, -0.25) is 4.79 Å². The largest absolute Gasteiger partial charge is 0.492 e. The van der Waals surface area contributed by atoms with Crippen molar-refractivity contribution in [3.63, 3.8) is 0 Å². The molecule has 4 aromatic rings. The minimum atomic E-state index is -0.375. The van der Waals surface area contributed by atoms with Crippen LogP contribution in [0.4, 0.5) is 0 Å². The third kappa shape index (κ3) is 4.35. The molecular weight excluding hydrogens is 368 g/mol. The average molecular weight is 388 g/mol. The maximum Gasteiger partial charge on any atom is 0.291 e. The molecule has 146 valence electrons. The lowest BCUT2D eigenvalue weighted by atomic mass is 10.2. The lowest BCUT2D eigenvalue weighted by Gasteiger charge is -2.06. The zero-order valence-electron chi connectivity index (χ0n) is 15.9. The number of carbonyl (C=O) groups is 1. The Morgan fingerprint density at radius 1 is 1.07 bits per heavy atom. The molecule has 1 N–H and O–H groups in total. The molecule has 29 heavy (non-hydrogen) atoms. The van der Waals surface area contributed by atoms with Crippen LogP contribution in [0.15, 0.2) is 77.4 Å². The third-order valence-electron chi connectivity index (χ3n) is 4.23. The van der Waals surface area contributed by atoms with Crippen LogP contribution in [0, 0.1) is 6.92 Å². The Hall–Kier alpha value is -3.87. The molecule has 0 radical (unpaired) electrons. The van der Waals surface area contributed by atoms with Gasteiger partial charge in [0.25, 0.3) is 5.91 Å². The molecule has 0 saturated carbocycles. The first-order chi connectivity index (χ1) is 14.2. The van der Waals surface area contributed by atoms with Crippen LogP contribution in [-0.4, -0.2) is 33.8 Å². The van der Waals surface area contributed by atoms with Crippen LogP contribution < -0.4 is 10.1 Å². The van der Waals surface area contributed by atoms with Crippen molar-refractivity contribution >= 4 is 5.91 Å². The van der Waals surface area contributed by atoms with E-state index in [1.54, 1.807) is 23.1 Å². The number of carbonyl (C=O) groups excluding carboxylic acids is 1. The van der Waals surface area contributed by atoms with Gasteiger partial charge in [0.15, 0.2) is 11.6 Å². The summed E-state index contributed by atoms with van der Waals surface area (Å²) in [4.78, 5) is 16.9. The topological polar surface area (TPSA) is 82.2 Å². The monoisotopic (exact) mass is 388 g/mol. The number of aryl methyl sites for hydroxylation is 1. The lowest BCUT2D eigenvalue weighted by molar-refractivity contribution is 0.0936. The molecule has 2 heterocycles. The zero-order valence-corrected chi connectivity index (χ0v) is 15.9. The van der Waals surface area contributed by atoms with Gasteiger partial charge in [0.2, 0.25) is 5.82 Å². The zero-order chi connectivity index (χ0) is 20.1. The van der Waals surface area contributed by atoms with Crippen LogP contribution in [0.2, 0.25) is 0 Å². The highest BCUT2D eigenvalue weighted by Crippen LogP contribution is 2.22. The Bertz CT molecular complexity index is 1070. The fraction of sp³-hybridized carbons (Fsp3) is 0.136. The number of amides is 1. The van der Waals surface area contributed by atoms with Crippen molar-refractivity contribution < 1.29 is 13.9 Å². The molecule has 7 nitrogen and oxygen atoms in total. The molecular formula is C22H20N4O3. The van der Waals surface area contributed by atoms with Crippen molar-refractivity contribution in [2.75, 3.05) is 13.2 Å². The highest BCUT2D eigenvalue weighted by molar-refractivity contribution is 5.90. The first-order valence-electron chi connectivity index (χ1n) is 9.25. The molecule has 0 fully saturated rings. The summed E-state index contributed by atoms with van der Waals surface area (Å²) in [7, 11) is 0. The van der Waals surface area contributed by atoms with Crippen LogP contribution in [0.3, 0.4) is 0 Å². The summed E-state index contributed by atoms with van der Waals surface area (Å²) in [6.07, 6.45) is 1.56. The van der Waals surface area contributed by atoms with Gasteiger partial charge in [0.1, 0.15) is 12.4 Å². The molecule has 7 heteroatoms. The van der Waals surface area contributed by atoms with Gasteiger partial charge in [-0.2, -0.15) is 4.98 Å². The van der Waals surface area contributed by atoms with Crippen molar-refractivity contribution in [2.24, 2.45) is 0 Å².